The number of ether oxygens (including phenoxy) is 1. The molecule has 1 saturated heterocycles. The van der Waals surface area contributed by atoms with Crippen molar-refractivity contribution < 1.29 is 17.9 Å². The summed E-state index contributed by atoms with van der Waals surface area (Å²) in [6, 6.07) is 6.11. The lowest BCUT2D eigenvalue weighted by Gasteiger charge is -2.25. The van der Waals surface area contributed by atoms with Crippen molar-refractivity contribution in [2.75, 3.05) is 26.0 Å². The molecule has 1 fully saturated rings. The van der Waals surface area contributed by atoms with E-state index in [4.69, 9.17) is 16.3 Å². The highest BCUT2D eigenvalue weighted by molar-refractivity contribution is 7.91. The second kappa shape index (κ2) is 8.83. The van der Waals surface area contributed by atoms with Crippen molar-refractivity contribution >= 4 is 27.3 Å². The van der Waals surface area contributed by atoms with Crippen LogP contribution >= 0.6 is 11.6 Å². The van der Waals surface area contributed by atoms with Crippen molar-refractivity contribution in [3.05, 3.63) is 29.3 Å². The first-order valence-corrected chi connectivity index (χ1v) is 10.3. The highest BCUT2D eigenvalue weighted by Gasteiger charge is 2.20. The SMILES string of the molecule is CN(CCC1CCCCO1)C(=O)CCS(=O)(=O)c1cccc(Cl)c1. The van der Waals surface area contributed by atoms with Gasteiger partial charge in [0.15, 0.2) is 9.84 Å². The van der Waals surface area contributed by atoms with E-state index in [9.17, 15) is 13.2 Å². The van der Waals surface area contributed by atoms with Crippen LogP contribution in [0.5, 0.6) is 0 Å². The first-order chi connectivity index (χ1) is 11.4. The number of sulfone groups is 1. The first kappa shape index (κ1) is 19.2. The number of hydrogen-bond donors (Lipinski definition) is 0. The molecule has 134 valence electrons. The normalized spacial score (nSPS) is 18.3. The third kappa shape index (κ3) is 5.76. The second-order valence-electron chi connectivity index (χ2n) is 6.12. The van der Waals surface area contributed by atoms with Crippen LogP contribution in [0, 0.1) is 0 Å². The van der Waals surface area contributed by atoms with Gasteiger partial charge in [-0.3, -0.25) is 4.79 Å². The maximum atomic E-state index is 12.3. The van der Waals surface area contributed by atoms with E-state index < -0.39 is 9.84 Å². The Labute approximate surface area is 148 Å². The maximum Gasteiger partial charge on any atom is 0.223 e. The van der Waals surface area contributed by atoms with E-state index >= 15 is 0 Å². The molecule has 7 heteroatoms. The fraction of sp³-hybridized carbons (Fsp3) is 0.588. The topological polar surface area (TPSA) is 63.7 Å². The Morgan fingerprint density at radius 1 is 1.38 bits per heavy atom. The molecule has 1 heterocycles. The quantitative estimate of drug-likeness (QED) is 0.737. The van der Waals surface area contributed by atoms with Crippen molar-refractivity contribution in [3.8, 4) is 0 Å². The zero-order valence-electron chi connectivity index (χ0n) is 13.9. The van der Waals surface area contributed by atoms with Gasteiger partial charge >= 0.3 is 0 Å². The Kier molecular flexibility index (Phi) is 7.07. The van der Waals surface area contributed by atoms with Gasteiger partial charge in [-0.2, -0.15) is 0 Å². The zero-order chi connectivity index (χ0) is 17.6. The van der Waals surface area contributed by atoms with Gasteiger partial charge in [0.2, 0.25) is 5.91 Å². The Bertz CT molecular complexity index is 656. The number of amides is 1. The molecule has 0 aromatic heterocycles. The third-order valence-corrected chi connectivity index (χ3v) is 6.17. The summed E-state index contributed by atoms with van der Waals surface area (Å²) in [5.41, 5.74) is 0. The van der Waals surface area contributed by atoms with Crippen LogP contribution in [0.25, 0.3) is 0 Å². The number of halogens is 1. The van der Waals surface area contributed by atoms with Crippen LogP contribution in [0.2, 0.25) is 5.02 Å². The van der Waals surface area contributed by atoms with Gasteiger partial charge in [-0.25, -0.2) is 8.42 Å². The van der Waals surface area contributed by atoms with Gasteiger partial charge in [0, 0.05) is 31.6 Å². The third-order valence-electron chi connectivity index (χ3n) is 4.23. The van der Waals surface area contributed by atoms with Crippen molar-refractivity contribution in [2.45, 2.75) is 43.1 Å². The molecule has 1 aromatic carbocycles. The largest absolute Gasteiger partial charge is 0.378 e. The monoisotopic (exact) mass is 373 g/mol. The number of nitrogens with zero attached hydrogens (tertiary/aromatic N) is 1. The predicted octanol–water partition coefficient (Wildman–Crippen LogP) is 2.92. The van der Waals surface area contributed by atoms with Gasteiger partial charge in [-0.15, -0.1) is 0 Å². The first-order valence-electron chi connectivity index (χ1n) is 8.22. The summed E-state index contributed by atoms with van der Waals surface area (Å²) >= 11 is 5.83. The van der Waals surface area contributed by atoms with Crippen molar-refractivity contribution in [2.24, 2.45) is 0 Å². The summed E-state index contributed by atoms with van der Waals surface area (Å²) in [6.45, 7) is 1.38. The minimum atomic E-state index is -3.50. The Morgan fingerprint density at radius 2 is 2.17 bits per heavy atom. The summed E-state index contributed by atoms with van der Waals surface area (Å²) in [7, 11) is -1.80. The highest BCUT2D eigenvalue weighted by Crippen LogP contribution is 2.18. The fourth-order valence-corrected chi connectivity index (χ4v) is 4.21. The Morgan fingerprint density at radius 3 is 2.83 bits per heavy atom. The standard InChI is InChI=1S/C17H24ClNO4S/c1-19(10-8-15-6-2-3-11-23-15)17(20)9-12-24(21,22)16-7-4-5-14(18)13-16/h4-5,7,13,15H,2-3,6,8-12H2,1H3. The molecular weight excluding hydrogens is 350 g/mol. The molecule has 0 aliphatic carbocycles. The molecule has 0 N–H and O–H groups in total. The average molecular weight is 374 g/mol. The van der Waals surface area contributed by atoms with Gasteiger partial charge in [0.1, 0.15) is 0 Å². The smallest absolute Gasteiger partial charge is 0.223 e. The highest BCUT2D eigenvalue weighted by atomic mass is 35.5. The summed E-state index contributed by atoms with van der Waals surface area (Å²) < 4.78 is 30.2. The van der Waals surface area contributed by atoms with Crippen LogP contribution in [-0.4, -0.2) is 51.3 Å². The van der Waals surface area contributed by atoms with Crippen LogP contribution in [0.1, 0.15) is 32.1 Å². The van der Waals surface area contributed by atoms with E-state index in [1.165, 1.54) is 18.6 Å². The van der Waals surface area contributed by atoms with Crippen molar-refractivity contribution in [3.63, 3.8) is 0 Å². The molecule has 0 radical (unpaired) electrons. The summed E-state index contributed by atoms with van der Waals surface area (Å²) in [4.78, 5) is 13.9. The van der Waals surface area contributed by atoms with Crippen LogP contribution in [0.3, 0.4) is 0 Å². The molecule has 5 nitrogen and oxygen atoms in total. The van der Waals surface area contributed by atoms with E-state index in [2.05, 4.69) is 0 Å². The number of rotatable bonds is 7. The van der Waals surface area contributed by atoms with Crippen LogP contribution in [0.15, 0.2) is 29.2 Å². The number of hydrogen-bond acceptors (Lipinski definition) is 4. The van der Waals surface area contributed by atoms with E-state index in [0.717, 1.165) is 25.9 Å². The predicted molar refractivity (Wildman–Crippen MR) is 94.0 cm³/mol. The summed E-state index contributed by atoms with van der Waals surface area (Å²) in [5.74, 6) is -0.382. The molecule has 1 aliphatic heterocycles. The van der Waals surface area contributed by atoms with E-state index in [0.29, 0.717) is 11.6 Å². The number of benzene rings is 1. The van der Waals surface area contributed by atoms with Gasteiger partial charge in [-0.1, -0.05) is 17.7 Å². The minimum Gasteiger partial charge on any atom is -0.378 e. The number of carbonyl (C=O) groups is 1. The van der Waals surface area contributed by atoms with Gasteiger partial charge < -0.3 is 9.64 Å². The lowest BCUT2D eigenvalue weighted by Crippen LogP contribution is -2.32. The zero-order valence-corrected chi connectivity index (χ0v) is 15.5. The molecule has 1 aromatic rings. The second-order valence-corrected chi connectivity index (χ2v) is 8.66. The molecule has 1 amide bonds. The molecule has 1 unspecified atom stereocenters. The van der Waals surface area contributed by atoms with Crippen LogP contribution in [-0.2, 0) is 19.4 Å². The van der Waals surface area contributed by atoms with Crippen LogP contribution < -0.4 is 0 Å². The van der Waals surface area contributed by atoms with Gasteiger partial charge in [-0.05, 0) is 43.9 Å². The summed E-state index contributed by atoms with van der Waals surface area (Å²) in [5, 5.41) is 0.368. The van der Waals surface area contributed by atoms with Gasteiger partial charge in [0.05, 0.1) is 16.8 Å². The van der Waals surface area contributed by atoms with E-state index in [1.54, 1.807) is 24.1 Å². The Hall–Kier alpha value is -1.11. The average Bonchev–Trinajstić information content (AvgIpc) is 2.58. The molecule has 2 rings (SSSR count). The van der Waals surface area contributed by atoms with Gasteiger partial charge in [0.25, 0.3) is 0 Å². The fourth-order valence-electron chi connectivity index (χ4n) is 2.69. The summed E-state index contributed by atoms with van der Waals surface area (Å²) in [6.07, 6.45) is 4.28. The van der Waals surface area contributed by atoms with E-state index in [-0.39, 0.29) is 29.1 Å². The lowest BCUT2D eigenvalue weighted by atomic mass is 10.1. The maximum absolute atomic E-state index is 12.3. The van der Waals surface area contributed by atoms with E-state index in [1.807, 2.05) is 0 Å². The Balaban J connectivity index is 1.80. The molecule has 0 spiro atoms. The molecule has 1 atom stereocenters. The number of carbonyl (C=O) groups excluding carboxylic acids is 1. The molecular formula is C17H24ClNO4S. The molecule has 0 bridgehead atoms. The molecule has 24 heavy (non-hydrogen) atoms. The molecule has 1 aliphatic rings. The lowest BCUT2D eigenvalue weighted by molar-refractivity contribution is -0.129. The minimum absolute atomic E-state index is 0.0309. The van der Waals surface area contributed by atoms with Crippen molar-refractivity contribution in [1.29, 1.82) is 0 Å². The van der Waals surface area contributed by atoms with Crippen LogP contribution in [0.4, 0.5) is 0 Å². The molecule has 0 saturated carbocycles. The van der Waals surface area contributed by atoms with Crippen molar-refractivity contribution in [1.82, 2.24) is 4.90 Å².